The van der Waals surface area contributed by atoms with E-state index in [1.54, 1.807) is 18.4 Å². The maximum atomic E-state index is 13.1. The van der Waals surface area contributed by atoms with E-state index in [4.69, 9.17) is 4.74 Å². The Hall–Kier alpha value is -3.12. The summed E-state index contributed by atoms with van der Waals surface area (Å²) in [6, 6.07) is 9.33. The maximum Gasteiger partial charge on any atom is 0.387 e. The summed E-state index contributed by atoms with van der Waals surface area (Å²) < 4.78 is 77.1. The van der Waals surface area contributed by atoms with Gasteiger partial charge in [0.15, 0.2) is 5.82 Å². The number of benzene rings is 2. The van der Waals surface area contributed by atoms with Gasteiger partial charge in [-0.15, -0.1) is 5.10 Å². The van der Waals surface area contributed by atoms with E-state index in [0.29, 0.717) is 12.3 Å². The average Bonchev–Trinajstić information content (AvgIpc) is 3.12. The average molecular weight is 456 g/mol. The molecule has 0 amide bonds. The molecule has 31 heavy (non-hydrogen) atoms. The highest BCUT2D eigenvalue weighted by Crippen LogP contribution is 2.25. The first-order valence-electron chi connectivity index (χ1n) is 9.13. The van der Waals surface area contributed by atoms with Crippen molar-refractivity contribution in [3.05, 3.63) is 60.2 Å². The van der Waals surface area contributed by atoms with Gasteiger partial charge in [0.25, 0.3) is 0 Å². The zero-order chi connectivity index (χ0) is 22.6. The lowest BCUT2D eigenvalue weighted by atomic mass is 10.3. The number of rotatable bonds is 9. The second-order valence-electron chi connectivity index (χ2n) is 6.34. The topological polar surface area (TPSA) is 95.3 Å². The predicted octanol–water partition coefficient (Wildman–Crippen LogP) is 3.87. The van der Waals surface area contributed by atoms with Crippen molar-refractivity contribution in [2.24, 2.45) is 0 Å². The van der Waals surface area contributed by atoms with Crippen LogP contribution in [-0.2, 0) is 16.6 Å². The van der Waals surface area contributed by atoms with Crippen LogP contribution in [0.3, 0.4) is 0 Å². The van der Waals surface area contributed by atoms with Gasteiger partial charge in [-0.2, -0.15) is 8.78 Å². The SMILES string of the molecule is CCn1c(Oc2ccc(F)cc2)nnc1[C@@H](C)NS(=O)(=O)c1cccc(OC(F)F)c1. The number of halogens is 3. The molecule has 166 valence electrons. The van der Waals surface area contributed by atoms with E-state index < -0.39 is 28.5 Å². The van der Waals surface area contributed by atoms with Crippen molar-refractivity contribution in [1.29, 1.82) is 0 Å². The van der Waals surface area contributed by atoms with E-state index in [0.717, 1.165) is 6.07 Å². The molecule has 0 spiro atoms. The van der Waals surface area contributed by atoms with Gasteiger partial charge in [0, 0.05) is 12.6 Å². The highest BCUT2D eigenvalue weighted by Gasteiger charge is 2.24. The van der Waals surface area contributed by atoms with Gasteiger partial charge in [0.1, 0.15) is 17.3 Å². The number of alkyl halides is 2. The lowest BCUT2D eigenvalue weighted by molar-refractivity contribution is -0.0500. The zero-order valence-electron chi connectivity index (χ0n) is 16.5. The van der Waals surface area contributed by atoms with E-state index in [2.05, 4.69) is 19.7 Å². The van der Waals surface area contributed by atoms with Gasteiger partial charge in [-0.25, -0.2) is 17.5 Å². The van der Waals surface area contributed by atoms with Gasteiger partial charge in [-0.05, 0) is 50.2 Å². The molecule has 0 aliphatic heterocycles. The van der Waals surface area contributed by atoms with Crippen LogP contribution in [0.25, 0.3) is 0 Å². The maximum absolute atomic E-state index is 13.1. The molecule has 8 nitrogen and oxygen atoms in total. The number of hydrogen-bond donors (Lipinski definition) is 1. The fraction of sp³-hybridized carbons (Fsp3) is 0.263. The van der Waals surface area contributed by atoms with Crippen LogP contribution in [0.15, 0.2) is 53.4 Å². The molecule has 0 aliphatic carbocycles. The van der Waals surface area contributed by atoms with E-state index in [-0.39, 0.29) is 22.5 Å². The minimum absolute atomic E-state index is 0.0995. The van der Waals surface area contributed by atoms with Crippen molar-refractivity contribution in [3.63, 3.8) is 0 Å². The van der Waals surface area contributed by atoms with Gasteiger partial charge in [0.2, 0.25) is 10.0 Å². The van der Waals surface area contributed by atoms with Crippen LogP contribution in [0.5, 0.6) is 17.5 Å². The third-order valence-electron chi connectivity index (χ3n) is 4.14. The first kappa shape index (κ1) is 22.6. The van der Waals surface area contributed by atoms with Crippen molar-refractivity contribution in [2.75, 3.05) is 0 Å². The Morgan fingerprint density at radius 1 is 1.10 bits per heavy atom. The molecule has 3 rings (SSSR count). The molecular formula is C19H19F3N4O4S. The fourth-order valence-electron chi connectivity index (χ4n) is 2.77. The Bertz CT molecular complexity index is 1140. The molecule has 0 radical (unpaired) electrons. The molecule has 1 aromatic heterocycles. The molecule has 3 aromatic rings. The van der Waals surface area contributed by atoms with Gasteiger partial charge in [-0.3, -0.25) is 4.57 Å². The highest BCUT2D eigenvalue weighted by molar-refractivity contribution is 7.89. The Kier molecular flexibility index (Phi) is 6.81. The van der Waals surface area contributed by atoms with Crippen molar-refractivity contribution in [3.8, 4) is 17.5 Å². The molecule has 0 saturated carbocycles. The van der Waals surface area contributed by atoms with Crippen molar-refractivity contribution in [1.82, 2.24) is 19.5 Å². The van der Waals surface area contributed by atoms with Gasteiger partial charge in [-0.1, -0.05) is 11.2 Å². The second-order valence-corrected chi connectivity index (χ2v) is 8.05. The molecule has 1 N–H and O–H groups in total. The molecule has 1 heterocycles. The quantitative estimate of drug-likeness (QED) is 0.525. The number of nitrogens with zero attached hydrogens (tertiary/aromatic N) is 3. The smallest absolute Gasteiger partial charge is 0.387 e. The summed E-state index contributed by atoms with van der Waals surface area (Å²) in [7, 11) is -4.08. The Labute approximate surface area is 176 Å². The largest absolute Gasteiger partial charge is 0.435 e. The van der Waals surface area contributed by atoms with Gasteiger partial charge < -0.3 is 9.47 Å². The summed E-state index contributed by atoms with van der Waals surface area (Å²) in [5.74, 6) is -0.101. The summed E-state index contributed by atoms with van der Waals surface area (Å²) >= 11 is 0. The van der Waals surface area contributed by atoms with Crippen LogP contribution in [0.2, 0.25) is 0 Å². The molecule has 1 atom stereocenters. The summed E-state index contributed by atoms with van der Waals surface area (Å²) in [6.07, 6.45) is 0. The normalized spacial score (nSPS) is 12.7. The van der Waals surface area contributed by atoms with Crippen molar-refractivity contribution < 1.29 is 31.1 Å². The van der Waals surface area contributed by atoms with Crippen LogP contribution >= 0.6 is 0 Å². The first-order valence-corrected chi connectivity index (χ1v) is 10.6. The van der Waals surface area contributed by atoms with E-state index in [9.17, 15) is 21.6 Å². The molecule has 0 aliphatic rings. The number of ether oxygens (including phenoxy) is 2. The molecule has 12 heteroatoms. The minimum Gasteiger partial charge on any atom is -0.435 e. The Balaban J connectivity index is 1.80. The molecule has 0 fully saturated rings. The highest BCUT2D eigenvalue weighted by atomic mass is 32.2. The molecule has 0 bridgehead atoms. The van der Waals surface area contributed by atoms with E-state index in [1.165, 1.54) is 42.5 Å². The first-order chi connectivity index (χ1) is 14.7. The van der Waals surface area contributed by atoms with Gasteiger partial charge >= 0.3 is 12.6 Å². The van der Waals surface area contributed by atoms with E-state index >= 15 is 0 Å². The number of nitrogens with one attached hydrogen (secondary N) is 1. The standard InChI is InChI=1S/C19H19F3N4O4S/c1-3-26-17(23-24-19(26)30-14-9-7-13(20)8-10-14)12(2)25-31(27,28)16-6-4-5-15(11-16)29-18(21)22/h4-12,18,25H,3H2,1-2H3/t12-/m1/s1. The van der Waals surface area contributed by atoms with Crippen LogP contribution in [0.1, 0.15) is 25.7 Å². The zero-order valence-corrected chi connectivity index (χ0v) is 17.3. The van der Waals surface area contributed by atoms with Crippen LogP contribution in [-0.4, -0.2) is 29.8 Å². The predicted molar refractivity (Wildman–Crippen MR) is 104 cm³/mol. The molecule has 2 aromatic carbocycles. The molecule has 0 saturated heterocycles. The number of sulfonamides is 1. The van der Waals surface area contributed by atoms with Crippen molar-refractivity contribution >= 4 is 10.0 Å². The number of aromatic nitrogens is 3. The fourth-order valence-corrected chi connectivity index (χ4v) is 4.01. The van der Waals surface area contributed by atoms with Gasteiger partial charge in [0.05, 0.1) is 10.9 Å². The Morgan fingerprint density at radius 2 is 1.81 bits per heavy atom. The summed E-state index contributed by atoms with van der Waals surface area (Å²) in [6.45, 7) is 0.626. The van der Waals surface area contributed by atoms with E-state index in [1.807, 2.05) is 0 Å². The molecular weight excluding hydrogens is 437 g/mol. The third kappa shape index (κ3) is 5.52. The van der Waals surface area contributed by atoms with Crippen molar-refractivity contribution in [2.45, 2.75) is 37.9 Å². The summed E-state index contributed by atoms with van der Waals surface area (Å²) in [5.41, 5.74) is 0. The minimum atomic E-state index is -4.08. The number of hydrogen-bond acceptors (Lipinski definition) is 6. The summed E-state index contributed by atoms with van der Waals surface area (Å²) in [4.78, 5) is -0.247. The summed E-state index contributed by atoms with van der Waals surface area (Å²) in [5, 5.41) is 7.93. The van der Waals surface area contributed by atoms with Crippen LogP contribution < -0.4 is 14.2 Å². The van der Waals surface area contributed by atoms with Crippen LogP contribution in [0, 0.1) is 5.82 Å². The van der Waals surface area contributed by atoms with Crippen LogP contribution in [0.4, 0.5) is 13.2 Å². The Morgan fingerprint density at radius 3 is 2.45 bits per heavy atom. The lowest BCUT2D eigenvalue weighted by Gasteiger charge is -2.16. The molecule has 0 unspecified atom stereocenters. The third-order valence-corrected chi connectivity index (χ3v) is 5.68. The monoisotopic (exact) mass is 456 g/mol. The lowest BCUT2D eigenvalue weighted by Crippen LogP contribution is -2.29. The second kappa shape index (κ2) is 9.35.